The second kappa shape index (κ2) is 3.10. The molecule has 0 saturated carbocycles. The summed E-state index contributed by atoms with van der Waals surface area (Å²) in [7, 11) is 1.82. The first-order valence-corrected chi connectivity index (χ1v) is 4.27. The minimum absolute atomic E-state index is 1.06. The maximum absolute atomic E-state index is 4.13. The molecule has 1 fully saturated rings. The first-order chi connectivity index (χ1) is 4.75. The summed E-state index contributed by atoms with van der Waals surface area (Å²) in [4.78, 5) is 6.28. The Balaban J connectivity index is 2.68. The lowest BCUT2D eigenvalue weighted by atomic mass is 10.5. The van der Waals surface area contributed by atoms with Gasteiger partial charge in [-0.2, -0.15) is 0 Å². The van der Waals surface area contributed by atoms with Crippen LogP contribution in [0.5, 0.6) is 0 Å². The van der Waals surface area contributed by atoms with Crippen molar-refractivity contribution in [3.8, 4) is 0 Å². The average molecular weight is 156 g/mol. The Morgan fingerprint density at radius 1 is 1.80 bits per heavy atom. The minimum Gasteiger partial charge on any atom is -0.325 e. The Labute approximate surface area is 66.0 Å². The third-order valence-electron chi connectivity index (χ3n) is 1.43. The van der Waals surface area contributed by atoms with Gasteiger partial charge in [-0.05, 0) is 6.92 Å². The summed E-state index contributed by atoms with van der Waals surface area (Å²) >= 11 is 1.79. The Hall–Kier alpha value is -0.440. The topological polar surface area (TPSA) is 15.6 Å². The molecule has 3 heteroatoms. The van der Waals surface area contributed by atoms with E-state index in [9.17, 15) is 0 Å². The van der Waals surface area contributed by atoms with Crippen molar-refractivity contribution >= 4 is 16.9 Å². The molecule has 0 amide bonds. The Kier molecular flexibility index (Phi) is 2.38. The fourth-order valence-corrected chi connectivity index (χ4v) is 1.93. The standard InChI is InChI=1S/C7H12N2S/c1-6(2)9-4-5-10-7(9)8-3/h1,4-5H2,2-3H3/b8-7+. The molecule has 0 spiro atoms. The molecule has 10 heavy (non-hydrogen) atoms. The molecular formula is C7H12N2S. The fraction of sp³-hybridized carbons (Fsp3) is 0.571. The molecule has 2 nitrogen and oxygen atoms in total. The number of nitrogens with zero attached hydrogens (tertiary/aromatic N) is 2. The molecule has 0 aromatic carbocycles. The molecule has 0 radical (unpaired) electrons. The van der Waals surface area contributed by atoms with E-state index in [1.165, 1.54) is 0 Å². The van der Waals surface area contributed by atoms with Crippen LogP contribution in [0.15, 0.2) is 17.3 Å². The van der Waals surface area contributed by atoms with E-state index in [0.29, 0.717) is 0 Å². The normalized spacial score (nSPS) is 22.2. The highest BCUT2D eigenvalue weighted by Crippen LogP contribution is 2.20. The molecule has 0 atom stereocenters. The van der Waals surface area contributed by atoms with Gasteiger partial charge in [0.05, 0.1) is 0 Å². The number of hydrogen-bond donors (Lipinski definition) is 0. The lowest BCUT2D eigenvalue weighted by Gasteiger charge is -2.16. The number of amidine groups is 1. The van der Waals surface area contributed by atoms with Crippen molar-refractivity contribution in [2.45, 2.75) is 6.92 Å². The lowest BCUT2D eigenvalue weighted by Crippen LogP contribution is -2.21. The second-order valence-corrected chi connectivity index (χ2v) is 3.30. The van der Waals surface area contributed by atoms with Crippen LogP contribution < -0.4 is 0 Å². The molecule has 1 aliphatic heterocycles. The summed E-state index contributed by atoms with van der Waals surface area (Å²) in [5, 5.41) is 1.10. The van der Waals surface area contributed by atoms with E-state index in [-0.39, 0.29) is 0 Å². The molecule has 56 valence electrons. The largest absolute Gasteiger partial charge is 0.325 e. The summed E-state index contributed by atoms with van der Waals surface area (Å²) in [5.74, 6) is 1.14. The SMILES string of the molecule is C=C(C)N1CCS/C1=N/C. The van der Waals surface area contributed by atoms with Gasteiger partial charge in [0.1, 0.15) is 0 Å². The molecule has 0 bridgehead atoms. The molecule has 1 aliphatic rings. The molecule has 1 heterocycles. The Morgan fingerprint density at radius 2 is 2.50 bits per heavy atom. The van der Waals surface area contributed by atoms with Crippen molar-refractivity contribution in [2.24, 2.45) is 4.99 Å². The summed E-state index contributed by atoms with van der Waals surface area (Å²) < 4.78 is 0. The highest BCUT2D eigenvalue weighted by Gasteiger charge is 2.18. The molecule has 1 rings (SSSR count). The number of aliphatic imine (C=N–C) groups is 1. The van der Waals surface area contributed by atoms with Crippen molar-refractivity contribution in [2.75, 3.05) is 19.3 Å². The Morgan fingerprint density at radius 3 is 2.90 bits per heavy atom. The van der Waals surface area contributed by atoms with Crippen LogP contribution in [0.1, 0.15) is 6.92 Å². The van der Waals surface area contributed by atoms with Crippen LogP contribution in [0.2, 0.25) is 0 Å². The highest BCUT2D eigenvalue weighted by molar-refractivity contribution is 8.14. The van der Waals surface area contributed by atoms with Gasteiger partial charge >= 0.3 is 0 Å². The van der Waals surface area contributed by atoms with Crippen LogP contribution in [0.4, 0.5) is 0 Å². The zero-order valence-corrected chi connectivity index (χ0v) is 7.24. The van der Waals surface area contributed by atoms with Gasteiger partial charge in [-0.1, -0.05) is 18.3 Å². The van der Waals surface area contributed by atoms with Gasteiger partial charge < -0.3 is 4.90 Å². The smallest absolute Gasteiger partial charge is 0.163 e. The number of hydrogen-bond acceptors (Lipinski definition) is 2. The van der Waals surface area contributed by atoms with E-state index in [1.54, 1.807) is 11.8 Å². The van der Waals surface area contributed by atoms with E-state index < -0.39 is 0 Å². The van der Waals surface area contributed by atoms with Crippen molar-refractivity contribution in [3.05, 3.63) is 12.3 Å². The van der Waals surface area contributed by atoms with Crippen molar-refractivity contribution in [1.29, 1.82) is 0 Å². The number of allylic oxidation sites excluding steroid dienone is 1. The maximum Gasteiger partial charge on any atom is 0.163 e. The zero-order valence-electron chi connectivity index (χ0n) is 6.42. The molecule has 1 saturated heterocycles. The van der Waals surface area contributed by atoms with Crippen LogP contribution in [-0.4, -0.2) is 29.4 Å². The predicted octanol–water partition coefficient (Wildman–Crippen LogP) is 1.55. The Bertz CT molecular complexity index is 174. The summed E-state index contributed by atoms with van der Waals surface area (Å²) in [6.45, 7) is 6.94. The van der Waals surface area contributed by atoms with Gasteiger partial charge in [0.25, 0.3) is 0 Å². The second-order valence-electron chi connectivity index (χ2n) is 2.24. The van der Waals surface area contributed by atoms with Crippen LogP contribution in [-0.2, 0) is 0 Å². The fourth-order valence-electron chi connectivity index (χ4n) is 0.941. The van der Waals surface area contributed by atoms with Gasteiger partial charge in [-0.3, -0.25) is 4.99 Å². The molecule has 0 aliphatic carbocycles. The third kappa shape index (κ3) is 1.34. The van der Waals surface area contributed by atoms with Crippen molar-refractivity contribution < 1.29 is 0 Å². The van der Waals surface area contributed by atoms with Gasteiger partial charge in [0.2, 0.25) is 0 Å². The third-order valence-corrected chi connectivity index (χ3v) is 2.48. The summed E-state index contributed by atoms with van der Waals surface area (Å²) in [6, 6.07) is 0. The highest BCUT2D eigenvalue weighted by atomic mass is 32.2. The molecule has 0 aromatic rings. The molecule has 0 N–H and O–H groups in total. The van der Waals surface area contributed by atoms with Crippen LogP contribution in [0, 0.1) is 0 Å². The van der Waals surface area contributed by atoms with Crippen molar-refractivity contribution in [1.82, 2.24) is 4.90 Å². The van der Waals surface area contributed by atoms with Gasteiger partial charge in [-0.25, -0.2) is 0 Å². The monoisotopic (exact) mass is 156 g/mol. The quantitative estimate of drug-likeness (QED) is 0.572. The first kappa shape index (κ1) is 7.66. The van der Waals surface area contributed by atoms with Gasteiger partial charge in [-0.15, -0.1) is 0 Å². The van der Waals surface area contributed by atoms with Crippen molar-refractivity contribution in [3.63, 3.8) is 0 Å². The zero-order chi connectivity index (χ0) is 7.56. The molecule has 0 unspecified atom stereocenters. The van der Waals surface area contributed by atoms with Crippen LogP contribution in [0.3, 0.4) is 0 Å². The van der Waals surface area contributed by atoms with E-state index in [4.69, 9.17) is 0 Å². The lowest BCUT2D eigenvalue weighted by molar-refractivity contribution is 0.571. The van der Waals surface area contributed by atoms with Crippen LogP contribution in [0.25, 0.3) is 0 Å². The first-order valence-electron chi connectivity index (χ1n) is 3.28. The van der Waals surface area contributed by atoms with Gasteiger partial charge in [0, 0.05) is 25.0 Å². The number of thioether (sulfide) groups is 1. The summed E-state index contributed by atoms with van der Waals surface area (Å²) in [5.41, 5.74) is 1.09. The minimum atomic E-state index is 1.06. The van der Waals surface area contributed by atoms with E-state index in [2.05, 4.69) is 16.5 Å². The predicted molar refractivity (Wildman–Crippen MR) is 47.3 cm³/mol. The van der Waals surface area contributed by atoms with E-state index >= 15 is 0 Å². The van der Waals surface area contributed by atoms with E-state index in [1.807, 2.05) is 14.0 Å². The number of rotatable bonds is 1. The average Bonchev–Trinajstić information content (AvgIpc) is 2.33. The summed E-state index contributed by atoms with van der Waals surface area (Å²) in [6.07, 6.45) is 0. The van der Waals surface area contributed by atoms with Gasteiger partial charge in [0.15, 0.2) is 5.17 Å². The van der Waals surface area contributed by atoms with Crippen LogP contribution >= 0.6 is 11.8 Å². The molecular weight excluding hydrogens is 144 g/mol. The maximum atomic E-state index is 4.13. The van der Waals surface area contributed by atoms with E-state index in [0.717, 1.165) is 23.2 Å². The molecule has 0 aromatic heterocycles.